The highest BCUT2D eigenvalue weighted by Gasteiger charge is 2.30. The zero-order valence-electron chi connectivity index (χ0n) is 14.5. The molecule has 0 spiro atoms. The van der Waals surface area contributed by atoms with Gasteiger partial charge in [-0.3, -0.25) is 4.68 Å². The van der Waals surface area contributed by atoms with Gasteiger partial charge >= 0.3 is 0 Å². The monoisotopic (exact) mass is 324 g/mol. The van der Waals surface area contributed by atoms with Gasteiger partial charge in [0.2, 0.25) is 0 Å². The van der Waals surface area contributed by atoms with Crippen LogP contribution in [0.5, 0.6) is 11.5 Å². The maximum absolute atomic E-state index is 10.6. The lowest BCUT2D eigenvalue weighted by Crippen LogP contribution is -2.17. The Bertz CT molecular complexity index is 794. The molecule has 0 amide bonds. The van der Waals surface area contributed by atoms with Crippen molar-refractivity contribution in [3.63, 3.8) is 0 Å². The topological polar surface area (TPSA) is 58.3 Å². The van der Waals surface area contributed by atoms with E-state index in [2.05, 4.69) is 24.7 Å². The molecular weight excluding hydrogens is 300 g/mol. The highest BCUT2D eigenvalue weighted by Crippen LogP contribution is 2.47. The third-order valence-corrected chi connectivity index (χ3v) is 4.86. The number of aromatic hydroxyl groups is 2. The number of aromatic nitrogens is 2. The minimum absolute atomic E-state index is 0.0472. The van der Waals surface area contributed by atoms with Gasteiger partial charge in [-0.1, -0.05) is 23.8 Å². The zero-order valence-corrected chi connectivity index (χ0v) is 14.5. The Kier molecular flexibility index (Phi) is 4.22. The average molecular weight is 324 g/mol. The van der Waals surface area contributed by atoms with Gasteiger partial charge in [-0.2, -0.15) is 5.10 Å². The maximum Gasteiger partial charge on any atom is 0.123 e. The Labute approximate surface area is 142 Å². The van der Waals surface area contributed by atoms with Crippen molar-refractivity contribution in [3.8, 4) is 22.8 Å². The van der Waals surface area contributed by atoms with E-state index in [1.807, 2.05) is 26.2 Å². The summed E-state index contributed by atoms with van der Waals surface area (Å²) in [6.45, 7) is 8.21. The molecule has 1 aliphatic rings. The number of phenols is 2. The van der Waals surface area contributed by atoms with Crippen molar-refractivity contribution in [2.24, 2.45) is 13.0 Å². The van der Waals surface area contributed by atoms with Crippen LogP contribution >= 0.6 is 0 Å². The molecule has 0 unspecified atom stereocenters. The van der Waals surface area contributed by atoms with E-state index < -0.39 is 0 Å². The van der Waals surface area contributed by atoms with Crippen LogP contribution in [0.4, 0.5) is 0 Å². The van der Waals surface area contributed by atoms with Crippen LogP contribution < -0.4 is 0 Å². The van der Waals surface area contributed by atoms with E-state index >= 15 is 0 Å². The maximum atomic E-state index is 10.6. The van der Waals surface area contributed by atoms with Crippen LogP contribution in [0.15, 0.2) is 48.2 Å². The van der Waals surface area contributed by atoms with Crippen LogP contribution in [0.3, 0.4) is 0 Å². The van der Waals surface area contributed by atoms with Crippen LogP contribution in [-0.2, 0) is 7.05 Å². The molecule has 4 nitrogen and oxygen atoms in total. The molecule has 1 aliphatic carbocycles. The number of allylic oxidation sites excluding steroid dienone is 3. The predicted octanol–water partition coefficient (Wildman–Crippen LogP) is 4.51. The number of aryl methyl sites for hydroxylation is 1. The van der Waals surface area contributed by atoms with Crippen molar-refractivity contribution in [1.82, 2.24) is 9.78 Å². The molecule has 4 heteroatoms. The average Bonchev–Trinajstić information content (AvgIpc) is 2.93. The van der Waals surface area contributed by atoms with Gasteiger partial charge in [0.1, 0.15) is 11.5 Å². The number of hydrogen-bond donors (Lipinski definition) is 2. The summed E-state index contributed by atoms with van der Waals surface area (Å²) in [7, 11) is 1.84. The Hall–Kier alpha value is -2.49. The van der Waals surface area contributed by atoms with Gasteiger partial charge in [0.15, 0.2) is 0 Å². The molecule has 2 N–H and O–H groups in total. The molecule has 2 aromatic rings. The molecule has 1 aromatic carbocycles. The third kappa shape index (κ3) is 2.96. The molecule has 0 saturated carbocycles. The Balaban J connectivity index is 2.07. The van der Waals surface area contributed by atoms with E-state index in [9.17, 15) is 10.2 Å². The minimum atomic E-state index is -0.0472. The molecule has 0 fully saturated rings. The van der Waals surface area contributed by atoms with Gasteiger partial charge < -0.3 is 10.2 Å². The van der Waals surface area contributed by atoms with Crippen molar-refractivity contribution in [2.45, 2.75) is 32.6 Å². The largest absolute Gasteiger partial charge is 0.507 e. The first-order valence-electron chi connectivity index (χ1n) is 8.25. The summed E-state index contributed by atoms with van der Waals surface area (Å²) < 4.78 is 1.70. The molecule has 126 valence electrons. The summed E-state index contributed by atoms with van der Waals surface area (Å²) in [5, 5.41) is 25.6. The van der Waals surface area contributed by atoms with E-state index in [1.165, 1.54) is 5.57 Å². The first-order chi connectivity index (χ1) is 11.4. The normalized spacial score (nSPS) is 20.7. The highest BCUT2D eigenvalue weighted by molar-refractivity contribution is 5.66. The van der Waals surface area contributed by atoms with Gasteiger partial charge in [-0.25, -0.2) is 0 Å². The fourth-order valence-electron chi connectivity index (χ4n) is 3.59. The number of benzene rings is 1. The number of rotatable bonds is 3. The summed E-state index contributed by atoms with van der Waals surface area (Å²) in [5.41, 5.74) is 4.38. The third-order valence-electron chi connectivity index (χ3n) is 4.86. The Morgan fingerprint density at radius 1 is 1.29 bits per heavy atom. The minimum Gasteiger partial charge on any atom is -0.507 e. The molecule has 0 radical (unpaired) electrons. The van der Waals surface area contributed by atoms with Gasteiger partial charge in [0, 0.05) is 30.3 Å². The van der Waals surface area contributed by atoms with Gasteiger partial charge in [0.05, 0.1) is 5.69 Å². The number of phenolic OH excluding ortho intramolecular Hbond substituents is 2. The molecule has 24 heavy (non-hydrogen) atoms. The quantitative estimate of drug-likeness (QED) is 0.816. The first-order valence-corrected chi connectivity index (χ1v) is 8.25. The number of nitrogens with zero attached hydrogens (tertiary/aromatic N) is 2. The van der Waals surface area contributed by atoms with Crippen molar-refractivity contribution in [3.05, 3.63) is 53.8 Å². The van der Waals surface area contributed by atoms with E-state index in [-0.39, 0.29) is 23.3 Å². The molecule has 3 rings (SSSR count). The lowest BCUT2D eigenvalue weighted by atomic mass is 9.73. The lowest BCUT2D eigenvalue weighted by molar-refractivity contribution is 0.407. The fraction of sp³-hybridized carbons (Fsp3) is 0.350. The molecule has 1 heterocycles. The molecule has 0 bridgehead atoms. The predicted molar refractivity (Wildman–Crippen MR) is 96.0 cm³/mol. The first kappa shape index (κ1) is 16.4. The standard InChI is InChI=1S/C20H24N2O2/c1-12(2)15-6-5-13(3)9-16(15)20-18(23)10-14(11-19(20)24)17-7-8-22(4)21-17/h7-11,15-16,23-24H,1,5-6H2,2-4H3/t15-,16+/m0/s1. The Morgan fingerprint density at radius 3 is 2.50 bits per heavy atom. The van der Waals surface area contributed by atoms with Crippen LogP contribution in [0.25, 0.3) is 11.3 Å². The van der Waals surface area contributed by atoms with E-state index in [0.29, 0.717) is 11.1 Å². The summed E-state index contributed by atoms with van der Waals surface area (Å²) in [6, 6.07) is 5.23. The molecule has 0 aliphatic heterocycles. The molecular formula is C20H24N2O2. The van der Waals surface area contributed by atoms with Crippen LogP contribution in [0.1, 0.15) is 38.2 Å². The van der Waals surface area contributed by atoms with Gasteiger partial charge in [-0.15, -0.1) is 0 Å². The fourth-order valence-corrected chi connectivity index (χ4v) is 3.59. The van der Waals surface area contributed by atoms with Crippen molar-refractivity contribution >= 4 is 0 Å². The van der Waals surface area contributed by atoms with Crippen molar-refractivity contribution < 1.29 is 10.2 Å². The second kappa shape index (κ2) is 6.19. The second-order valence-corrected chi connectivity index (χ2v) is 6.83. The van der Waals surface area contributed by atoms with E-state index in [1.54, 1.807) is 16.8 Å². The van der Waals surface area contributed by atoms with Crippen molar-refractivity contribution in [2.75, 3.05) is 0 Å². The van der Waals surface area contributed by atoms with Crippen molar-refractivity contribution in [1.29, 1.82) is 0 Å². The molecule has 1 aromatic heterocycles. The molecule has 2 atom stereocenters. The van der Waals surface area contributed by atoms with Crippen LogP contribution in [0.2, 0.25) is 0 Å². The summed E-state index contributed by atoms with van der Waals surface area (Å²) in [4.78, 5) is 0. The SMILES string of the molecule is C=C(C)[C@@H]1CCC(C)=C[C@H]1c1c(O)cc(-c2ccn(C)n2)cc1O. The van der Waals surface area contributed by atoms with Gasteiger partial charge in [0.25, 0.3) is 0 Å². The second-order valence-electron chi connectivity index (χ2n) is 6.83. The number of hydrogen-bond acceptors (Lipinski definition) is 3. The van der Waals surface area contributed by atoms with Crippen LogP contribution in [0, 0.1) is 5.92 Å². The smallest absolute Gasteiger partial charge is 0.123 e. The molecule has 0 saturated heterocycles. The van der Waals surface area contributed by atoms with E-state index in [4.69, 9.17) is 0 Å². The highest BCUT2D eigenvalue weighted by atomic mass is 16.3. The van der Waals surface area contributed by atoms with E-state index in [0.717, 1.165) is 24.1 Å². The van der Waals surface area contributed by atoms with Gasteiger partial charge in [-0.05, 0) is 50.8 Å². The zero-order chi connectivity index (χ0) is 17.4. The summed E-state index contributed by atoms with van der Waals surface area (Å²) in [5.74, 6) is 0.399. The lowest BCUT2D eigenvalue weighted by Gasteiger charge is -2.31. The summed E-state index contributed by atoms with van der Waals surface area (Å²) in [6.07, 6.45) is 6.00. The Morgan fingerprint density at radius 2 is 1.96 bits per heavy atom. The van der Waals surface area contributed by atoms with Crippen LogP contribution in [-0.4, -0.2) is 20.0 Å². The summed E-state index contributed by atoms with van der Waals surface area (Å²) >= 11 is 0.